The van der Waals surface area contributed by atoms with E-state index in [2.05, 4.69) is 15.1 Å². The van der Waals surface area contributed by atoms with Crippen molar-refractivity contribution in [3.63, 3.8) is 0 Å². The number of nitrogens with zero attached hydrogens (tertiary/aromatic N) is 4. The molecule has 12 heteroatoms. The number of rotatable bonds is 11. The molecule has 2 saturated heterocycles. The smallest absolute Gasteiger partial charge is 0.163 e. The van der Waals surface area contributed by atoms with Crippen LogP contribution in [-0.2, 0) is 9.53 Å². The number of Topliss-reactive ketones (excluding diaryl/α,β-unsaturated/α-hetero) is 1. The molecule has 3 fully saturated rings. The Balaban J connectivity index is 1.40. The molecular formula is C33H47ClN6O5. The average molecular weight is 643 g/mol. The van der Waals surface area contributed by atoms with Crippen molar-refractivity contribution in [2.75, 3.05) is 64.5 Å². The maximum absolute atomic E-state index is 12.8. The molecule has 45 heavy (non-hydrogen) atoms. The van der Waals surface area contributed by atoms with Crippen LogP contribution in [0.1, 0.15) is 50.8 Å². The summed E-state index contributed by atoms with van der Waals surface area (Å²) >= 11 is 6.69. The van der Waals surface area contributed by atoms with Gasteiger partial charge in [0.1, 0.15) is 30.5 Å². The molecule has 5 N–H and O–H groups in total. The van der Waals surface area contributed by atoms with Gasteiger partial charge in [0.2, 0.25) is 0 Å². The van der Waals surface area contributed by atoms with E-state index in [0.717, 1.165) is 63.2 Å². The van der Waals surface area contributed by atoms with E-state index in [1.54, 1.807) is 32.2 Å². The first-order valence-corrected chi connectivity index (χ1v) is 16.3. The number of carbonyl (C=O) groups is 1. The van der Waals surface area contributed by atoms with Crippen LogP contribution in [-0.4, -0.2) is 103 Å². The first-order valence-electron chi connectivity index (χ1n) is 15.9. The lowest BCUT2D eigenvalue weighted by atomic mass is 9.65. The largest absolute Gasteiger partial charge is 0.491 e. The number of nitrogens with two attached hydrogens (primary N) is 1. The van der Waals surface area contributed by atoms with Crippen molar-refractivity contribution in [1.82, 2.24) is 20.2 Å². The third-order valence-corrected chi connectivity index (χ3v) is 9.78. The van der Waals surface area contributed by atoms with Crippen LogP contribution in [0.2, 0.25) is 5.02 Å². The molecule has 1 aromatic heterocycles. The summed E-state index contributed by atoms with van der Waals surface area (Å²) < 4.78 is 11.3. The highest BCUT2D eigenvalue weighted by atomic mass is 35.5. The van der Waals surface area contributed by atoms with E-state index in [9.17, 15) is 15.0 Å². The normalized spacial score (nSPS) is 20.8. The van der Waals surface area contributed by atoms with Gasteiger partial charge >= 0.3 is 0 Å². The zero-order chi connectivity index (χ0) is 32.3. The van der Waals surface area contributed by atoms with Crippen molar-refractivity contribution in [2.45, 2.75) is 58.8 Å². The minimum absolute atomic E-state index is 0.108. The van der Waals surface area contributed by atoms with Crippen LogP contribution in [0.25, 0.3) is 17.0 Å². The summed E-state index contributed by atoms with van der Waals surface area (Å²) in [7, 11) is 1.77. The monoisotopic (exact) mass is 642 g/mol. The van der Waals surface area contributed by atoms with Gasteiger partial charge in [0.05, 0.1) is 29.5 Å². The number of hydrogen-bond acceptors (Lipinski definition) is 11. The van der Waals surface area contributed by atoms with Gasteiger partial charge in [-0.25, -0.2) is 9.97 Å². The van der Waals surface area contributed by atoms with Gasteiger partial charge in [-0.3, -0.25) is 9.69 Å². The minimum Gasteiger partial charge on any atom is -0.491 e. The summed E-state index contributed by atoms with van der Waals surface area (Å²) in [6, 6.07) is 5.22. The molecule has 1 spiro atoms. The average Bonchev–Trinajstić information content (AvgIpc) is 3.00. The fraction of sp³-hybridized carbons (Fsp3) is 0.606. The van der Waals surface area contributed by atoms with E-state index < -0.39 is 12.3 Å². The van der Waals surface area contributed by atoms with Gasteiger partial charge in [0.25, 0.3) is 0 Å². The van der Waals surface area contributed by atoms with Crippen LogP contribution in [0.4, 0.5) is 5.82 Å². The van der Waals surface area contributed by atoms with Crippen molar-refractivity contribution >= 4 is 28.8 Å². The molecule has 0 radical (unpaired) electrons. The molecule has 11 nitrogen and oxygen atoms in total. The summed E-state index contributed by atoms with van der Waals surface area (Å²) in [5.41, 5.74) is 8.99. The number of aliphatic hydroxyl groups excluding tert-OH is 2. The van der Waals surface area contributed by atoms with Crippen LogP contribution in [0, 0.1) is 18.3 Å². The van der Waals surface area contributed by atoms with Gasteiger partial charge < -0.3 is 35.6 Å². The number of anilines is 1. The summed E-state index contributed by atoms with van der Waals surface area (Å²) in [5, 5.41) is 24.5. The van der Waals surface area contributed by atoms with E-state index in [-0.39, 0.29) is 23.7 Å². The van der Waals surface area contributed by atoms with Gasteiger partial charge in [0, 0.05) is 55.0 Å². The van der Waals surface area contributed by atoms with Crippen LogP contribution in [0.15, 0.2) is 23.9 Å². The highest BCUT2D eigenvalue weighted by Gasteiger charge is 2.47. The third kappa shape index (κ3) is 7.45. The SMILES string of the molecule is CNC[C@@H](O)COc1ccc(Cl)c(-c2nc(C(C(C)=O)=C(C)N)c(C)c(N3CC4(CCC(C(O)N5CCOCC5)CC4)C3)n2)c1. The van der Waals surface area contributed by atoms with Crippen LogP contribution >= 0.6 is 11.6 Å². The molecule has 0 amide bonds. The Labute approximate surface area is 270 Å². The number of likely N-dealkylation sites (N-methyl/N-ethyl adjacent to an activating group) is 1. The van der Waals surface area contributed by atoms with Crippen LogP contribution in [0.3, 0.4) is 0 Å². The van der Waals surface area contributed by atoms with E-state index >= 15 is 0 Å². The fourth-order valence-electron chi connectivity index (χ4n) is 6.98. The van der Waals surface area contributed by atoms with Crippen molar-refractivity contribution in [3.8, 4) is 17.1 Å². The number of nitrogens with one attached hydrogen (secondary N) is 1. The zero-order valence-electron chi connectivity index (χ0n) is 26.8. The number of carbonyl (C=O) groups excluding carboxylic acids is 1. The number of ether oxygens (including phenoxy) is 2. The Kier molecular flexibility index (Phi) is 10.7. The number of aliphatic hydroxyl groups is 2. The topological polar surface area (TPSA) is 146 Å². The van der Waals surface area contributed by atoms with E-state index in [0.29, 0.717) is 58.9 Å². The molecule has 0 bridgehead atoms. The lowest BCUT2D eigenvalue weighted by Gasteiger charge is -2.55. The van der Waals surface area contributed by atoms with Gasteiger partial charge in [-0.15, -0.1) is 0 Å². The predicted molar refractivity (Wildman–Crippen MR) is 175 cm³/mol. The number of halogens is 1. The summed E-state index contributed by atoms with van der Waals surface area (Å²) in [6.45, 7) is 10.2. The number of allylic oxidation sites excluding steroid dienone is 2. The second kappa shape index (κ2) is 14.3. The summed E-state index contributed by atoms with van der Waals surface area (Å²) in [5.74, 6) is 1.74. The Morgan fingerprint density at radius 2 is 1.89 bits per heavy atom. The minimum atomic E-state index is -0.671. The lowest BCUT2D eigenvalue weighted by molar-refractivity contribution is -0.111. The second-order valence-electron chi connectivity index (χ2n) is 12.9. The van der Waals surface area contributed by atoms with Crippen molar-refractivity contribution in [3.05, 3.63) is 40.2 Å². The molecule has 5 rings (SSSR count). The molecule has 2 aliphatic heterocycles. The second-order valence-corrected chi connectivity index (χ2v) is 13.3. The molecule has 246 valence electrons. The van der Waals surface area contributed by atoms with Crippen LogP contribution in [0.5, 0.6) is 5.75 Å². The van der Waals surface area contributed by atoms with Crippen molar-refractivity contribution in [2.24, 2.45) is 17.1 Å². The number of hydrogen-bond donors (Lipinski definition) is 4. The highest BCUT2D eigenvalue weighted by molar-refractivity contribution is 6.33. The molecular weight excluding hydrogens is 596 g/mol. The Bertz CT molecular complexity index is 1390. The predicted octanol–water partition coefficient (Wildman–Crippen LogP) is 2.99. The van der Waals surface area contributed by atoms with E-state index in [1.807, 2.05) is 6.92 Å². The van der Waals surface area contributed by atoms with E-state index in [1.165, 1.54) is 6.92 Å². The summed E-state index contributed by atoms with van der Waals surface area (Å²) in [4.78, 5) is 27.1. The lowest BCUT2D eigenvalue weighted by Crippen LogP contribution is -2.59. The standard InChI is InChI=1S/C33H47ClN6O5/c1-20-29(28(21(2)35)22(3)41)37-30(26-15-25(5-6-27(26)34)45-17-24(42)16-36-4)38-31(20)40-18-33(19-40)9-7-23(8-10-33)32(43)39-11-13-44-14-12-39/h5-6,15,23-24,32,36,42-43H,7-14,16-19,35H2,1-4H3/t24-,32?/m1/s1. The molecule has 1 aliphatic carbocycles. The van der Waals surface area contributed by atoms with Crippen molar-refractivity contribution in [1.29, 1.82) is 0 Å². The van der Waals surface area contributed by atoms with Crippen LogP contribution < -0.4 is 20.7 Å². The summed E-state index contributed by atoms with van der Waals surface area (Å²) in [6.07, 6.45) is 2.98. The van der Waals surface area contributed by atoms with Gasteiger partial charge in [-0.05, 0) is 77.6 Å². The first-order chi connectivity index (χ1) is 21.5. The van der Waals surface area contributed by atoms with Crippen molar-refractivity contribution < 1.29 is 24.5 Å². The van der Waals surface area contributed by atoms with Gasteiger partial charge in [0.15, 0.2) is 11.6 Å². The number of morpholine rings is 1. The van der Waals surface area contributed by atoms with E-state index in [4.69, 9.17) is 36.8 Å². The van der Waals surface area contributed by atoms with Gasteiger partial charge in [-0.1, -0.05) is 11.6 Å². The Morgan fingerprint density at radius 3 is 2.51 bits per heavy atom. The Morgan fingerprint density at radius 1 is 1.20 bits per heavy atom. The first kappa shape index (κ1) is 33.6. The molecule has 2 atom stereocenters. The maximum atomic E-state index is 12.8. The molecule has 2 aromatic rings. The number of aromatic nitrogens is 2. The zero-order valence-corrected chi connectivity index (χ0v) is 27.6. The fourth-order valence-corrected chi connectivity index (χ4v) is 7.18. The molecule has 3 heterocycles. The number of benzene rings is 1. The van der Waals surface area contributed by atoms with Gasteiger partial charge in [-0.2, -0.15) is 0 Å². The highest BCUT2D eigenvalue weighted by Crippen LogP contribution is 2.49. The molecule has 1 aromatic carbocycles. The maximum Gasteiger partial charge on any atom is 0.163 e. The molecule has 1 saturated carbocycles. The molecule has 3 aliphatic rings. The Hall–Kier alpha value is -2.80. The quantitative estimate of drug-likeness (QED) is 0.268. The third-order valence-electron chi connectivity index (χ3n) is 9.45. The number of ketones is 1. The molecule has 1 unspecified atom stereocenters.